The minimum absolute atomic E-state index is 0.183. The van der Waals surface area contributed by atoms with E-state index in [2.05, 4.69) is 26.0 Å². The van der Waals surface area contributed by atoms with Crippen molar-refractivity contribution in [2.24, 2.45) is 0 Å². The first-order valence-electron chi connectivity index (χ1n) is 6.38. The van der Waals surface area contributed by atoms with Gasteiger partial charge in [0.05, 0.1) is 4.91 Å². The van der Waals surface area contributed by atoms with Crippen molar-refractivity contribution in [2.45, 2.75) is 26.7 Å². The molecular formula is C15H17NO2S. The molecule has 2 amide bonds. The van der Waals surface area contributed by atoms with Crippen LogP contribution in [0.25, 0.3) is 6.08 Å². The highest BCUT2D eigenvalue weighted by Crippen LogP contribution is 2.32. The quantitative estimate of drug-likeness (QED) is 0.786. The van der Waals surface area contributed by atoms with Gasteiger partial charge in [-0.05, 0) is 41.8 Å². The van der Waals surface area contributed by atoms with Gasteiger partial charge in [0.1, 0.15) is 0 Å². The van der Waals surface area contributed by atoms with Crippen LogP contribution in [-0.2, 0) is 4.79 Å². The topological polar surface area (TPSA) is 37.4 Å². The minimum Gasteiger partial charge on any atom is -0.269 e. The summed E-state index contributed by atoms with van der Waals surface area (Å²) in [6.45, 7) is 6.51. The molecule has 1 aliphatic rings. The van der Waals surface area contributed by atoms with Crippen molar-refractivity contribution in [3.05, 3.63) is 40.3 Å². The zero-order valence-electron chi connectivity index (χ0n) is 11.3. The number of hydrogen-bond donors (Lipinski definition) is 0. The summed E-state index contributed by atoms with van der Waals surface area (Å²) in [6, 6.07) is 8.08. The Labute approximate surface area is 117 Å². The van der Waals surface area contributed by atoms with Crippen LogP contribution in [0.3, 0.4) is 0 Å². The molecule has 0 atom stereocenters. The van der Waals surface area contributed by atoms with Crippen LogP contribution >= 0.6 is 11.8 Å². The van der Waals surface area contributed by atoms with Crippen LogP contribution in [0.5, 0.6) is 0 Å². The van der Waals surface area contributed by atoms with Gasteiger partial charge in [-0.2, -0.15) is 0 Å². The van der Waals surface area contributed by atoms with Gasteiger partial charge in [0, 0.05) is 6.54 Å². The Morgan fingerprint density at radius 2 is 1.84 bits per heavy atom. The molecule has 0 N–H and O–H groups in total. The third kappa shape index (κ3) is 2.89. The van der Waals surface area contributed by atoms with Crippen molar-refractivity contribution in [1.82, 2.24) is 4.90 Å². The second kappa shape index (κ2) is 5.61. The average molecular weight is 275 g/mol. The average Bonchev–Trinajstić information content (AvgIpc) is 2.64. The van der Waals surface area contributed by atoms with E-state index in [9.17, 15) is 9.59 Å². The standard InChI is InChI=1S/C15H17NO2S/c1-4-16-14(17)13(19-15(16)18)9-11-5-7-12(8-6-11)10(2)3/h5-10H,4H2,1-3H3/b13-9+. The maximum absolute atomic E-state index is 11.9. The number of amides is 2. The van der Waals surface area contributed by atoms with E-state index in [1.54, 1.807) is 13.0 Å². The Morgan fingerprint density at radius 3 is 2.32 bits per heavy atom. The van der Waals surface area contributed by atoms with Crippen LogP contribution in [0.4, 0.5) is 4.79 Å². The highest BCUT2D eigenvalue weighted by Gasteiger charge is 2.33. The monoisotopic (exact) mass is 275 g/mol. The molecule has 100 valence electrons. The lowest BCUT2D eigenvalue weighted by Crippen LogP contribution is -2.27. The Morgan fingerprint density at radius 1 is 1.21 bits per heavy atom. The summed E-state index contributed by atoms with van der Waals surface area (Å²) in [4.78, 5) is 25.3. The maximum Gasteiger partial charge on any atom is 0.293 e. The number of benzene rings is 1. The number of imide groups is 1. The Balaban J connectivity index is 2.22. The van der Waals surface area contributed by atoms with Gasteiger partial charge in [-0.3, -0.25) is 14.5 Å². The molecule has 4 heteroatoms. The first-order valence-corrected chi connectivity index (χ1v) is 7.20. The summed E-state index contributed by atoms with van der Waals surface area (Å²) in [5.74, 6) is 0.298. The molecule has 1 aliphatic heterocycles. The van der Waals surface area contributed by atoms with Gasteiger partial charge in [0.25, 0.3) is 11.1 Å². The molecule has 0 radical (unpaired) electrons. The smallest absolute Gasteiger partial charge is 0.269 e. The number of hydrogen-bond acceptors (Lipinski definition) is 3. The molecule has 1 aromatic carbocycles. The van der Waals surface area contributed by atoms with Gasteiger partial charge in [-0.25, -0.2) is 0 Å². The number of nitrogens with zero attached hydrogens (tertiary/aromatic N) is 1. The minimum atomic E-state index is -0.189. The van der Waals surface area contributed by atoms with E-state index in [0.717, 1.165) is 17.3 Å². The second-order valence-corrected chi connectivity index (χ2v) is 5.74. The molecule has 0 spiro atoms. The van der Waals surface area contributed by atoms with Gasteiger partial charge >= 0.3 is 0 Å². The highest BCUT2D eigenvalue weighted by atomic mass is 32.2. The van der Waals surface area contributed by atoms with Crippen LogP contribution < -0.4 is 0 Å². The third-order valence-electron chi connectivity index (χ3n) is 3.09. The van der Waals surface area contributed by atoms with E-state index in [4.69, 9.17) is 0 Å². The van der Waals surface area contributed by atoms with Gasteiger partial charge in [0.2, 0.25) is 0 Å². The number of likely N-dealkylation sites (N-methyl/N-ethyl adjacent to an activating group) is 1. The van der Waals surface area contributed by atoms with Crippen LogP contribution in [0.1, 0.15) is 37.8 Å². The molecule has 0 aliphatic carbocycles. The molecule has 19 heavy (non-hydrogen) atoms. The fourth-order valence-electron chi connectivity index (χ4n) is 1.90. The van der Waals surface area contributed by atoms with Crippen molar-refractivity contribution >= 4 is 29.0 Å². The molecule has 3 nitrogen and oxygen atoms in total. The van der Waals surface area contributed by atoms with Crippen LogP contribution in [0, 0.1) is 0 Å². The zero-order valence-corrected chi connectivity index (χ0v) is 12.2. The van der Waals surface area contributed by atoms with Gasteiger partial charge < -0.3 is 0 Å². The number of thioether (sulfide) groups is 1. The van der Waals surface area contributed by atoms with Crippen LogP contribution in [0.2, 0.25) is 0 Å². The molecule has 0 unspecified atom stereocenters. The van der Waals surface area contributed by atoms with E-state index in [-0.39, 0.29) is 11.1 Å². The van der Waals surface area contributed by atoms with Gasteiger partial charge in [-0.15, -0.1) is 0 Å². The highest BCUT2D eigenvalue weighted by molar-refractivity contribution is 8.18. The Bertz CT molecular complexity index is 532. The van der Waals surface area contributed by atoms with Crippen molar-refractivity contribution in [2.75, 3.05) is 6.54 Å². The molecule has 2 rings (SSSR count). The Hall–Kier alpha value is -1.55. The van der Waals surface area contributed by atoms with Crippen molar-refractivity contribution in [1.29, 1.82) is 0 Å². The van der Waals surface area contributed by atoms with E-state index >= 15 is 0 Å². The number of carbonyl (C=O) groups is 2. The van der Waals surface area contributed by atoms with E-state index < -0.39 is 0 Å². The fourth-order valence-corrected chi connectivity index (χ4v) is 2.80. The molecule has 0 bridgehead atoms. The molecule has 1 heterocycles. The second-order valence-electron chi connectivity index (χ2n) is 4.75. The first kappa shape index (κ1) is 13.9. The largest absolute Gasteiger partial charge is 0.293 e. The lowest BCUT2D eigenvalue weighted by atomic mass is 10.0. The number of rotatable bonds is 3. The summed E-state index contributed by atoms with van der Waals surface area (Å²) in [6.07, 6.45) is 1.78. The predicted molar refractivity (Wildman–Crippen MR) is 78.9 cm³/mol. The normalized spacial score (nSPS) is 17.9. The fraction of sp³-hybridized carbons (Fsp3) is 0.333. The molecule has 0 aromatic heterocycles. The van der Waals surface area contributed by atoms with Crippen molar-refractivity contribution < 1.29 is 9.59 Å². The van der Waals surface area contributed by atoms with Crippen molar-refractivity contribution in [3.63, 3.8) is 0 Å². The van der Waals surface area contributed by atoms with Crippen LogP contribution in [-0.4, -0.2) is 22.6 Å². The Kier molecular flexibility index (Phi) is 4.10. The van der Waals surface area contributed by atoms with Crippen molar-refractivity contribution in [3.8, 4) is 0 Å². The zero-order chi connectivity index (χ0) is 14.0. The molecule has 1 aromatic rings. The molecular weight excluding hydrogens is 258 g/mol. The van der Waals surface area contributed by atoms with Gasteiger partial charge in [-0.1, -0.05) is 38.1 Å². The van der Waals surface area contributed by atoms with E-state index in [0.29, 0.717) is 17.4 Å². The summed E-state index contributed by atoms with van der Waals surface area (Å²) in [5, 5.41) is -0.183. The lowest BCUT2D eigenvalue weighted by molar-refractivity contribution is -0.122. The van der Waals surface area contributed by atoms with E-state index in [1.165, 1.54) is 10.5 Å². The van der Waals surface area contributed by atoms with Crippen LogP contribution in [0.15, 0.2) is 29.2 Å². The SMILES string of the molecule is CCN1C(=O)S/C(=C/c2ccc(C(C)C)cc2)C1=O. The lowest BCUT2D eigenvalue weighted by Gasteiger charge is -2.07. The maximum atomic E-state index is 11.9. The summed E-state index contributed by atoms with van der Waals surface area (Å²) in [5.41, 5.74) is 2.21. The van der Waals surface area contributed by atoms with Gasteiger partial charge in [0.15, 0.2) is 0 Å². The molecule has 1 saturated heterocycles. The first-order chi connectivity index (χ1) is 9.02. The summed E-state index contributed by atoms with van der Waals surface area (Å²) in [7, 11) is 0. The third-order valence-corrected chi connectivity index (χ3v) is 4.00. The molecule has 1 fully saturated rings. The number of carbonyl (C=O) groups excluding carboxylic acids is 2. The summed E-state index contributed by atoms with van der Waals surface area (Å²) >= 11 is 1.01. The van der Waals surface area contributed by atoms with E-state index in [1.807, 2.05) is 12.1 Å². The predicted octanol–water partition coefficient (Wildman–Crippen LogP) is 3.87. The summed E-state index contributed by atoms with van der Waals surface area (Å²) < 4.78 is 0. The molecule has 0 saturated carbocycles.